The van der Waals surface area contributed by atoms with Crippen molar-refractivity contribution in [3.8, 4) is 11.3 Å². The number of benzene rings is 1. The Hall–Kier alpha value is -2.10. The molecule has 0 saturated carbocycles. The fraction of sp³-hybridized carbons (Fsp3) is 0.375. The molecule has 104 valence electrons. The van der Waals surface area contributed by atoms with E-state index in [4.69, 9.17) is 4.74 Å². The molecule has 4 nitrogen and oxygen atoms in total. The van der Waals surface area contributed by atoms with Crippen LogP contribution in [0.15, 0.2) is 24.3 Å². The lowest BCUT2D eigenvalue weighted by Gasteiger charge is -2.05. The quantitative estimate of drug-likeness (QED) is 0.805. The summed E-state index contributed by atoms with van der Waals surface area (Å²) in [5.41, 5.74) is 4.55. The average molecular weight is 270 g/mol. The van der Waals surface area contributed by atoms with Gasteiger partial charge in [-0.3, -0.25) is 4.68 Å². The van der Waals surface area contributed by atoms with Gasteiger partial charge in [-0.1, -0.05) is 23.8 Å². The minimum Gasteiger partial charge on any atom is -0.462 e. The molecule has 0 unspecified atom stereocenters. The highest BCUT2D eigenvalue weighted by Gasteiger charge is 2.28. The van der Waals surface area contributed by atoms with E-state index in [0.29, 0.717) is 12.2 Å². The third kappa shape index (κ3) is 2.11. The standard InChI is InChI=1S/C16H18N2O2/c1-3-20-16(19)14-13-8-5-9-18(13)17-15(14)12-7-4-6-11(2)10-12/h4,6-7,10H,3,5,8-9H2,1-2H3. The van der Waals surface area contributed by atoms with Crippen LogP contribution in [0.4, 0.5) is 0 Å². The average Bonchev–Trinajstić information content (AvgIpc) is 2.98. The third-order valence-corrected chi connectivity index (χ3v) is 3.61. The van der Waals surface area contributed by atoms with Gasteiger partial charge in [0.2, 0.25) is 0 Å². The number of aryl methyl sites for hydroxylation is 2. The van der Waals surface area contributed by atoms with Gasteiger partial charge in [-0.2, -0.15) is 5.10 Å². The summed E-state index contributed by atoms with van der Waals surface area (Å²) in [5.74, 6) is -0.257. The van der Waals surface area contributed by atoms with Crippen molar-refractivity contribution in [2.45, 2.75) is 33.2 Å². The monoisotopic (exact) mass is 270 g/mol. The van der Waals surface area contributed by atoms with E-state index in [9.17, 15) is 4.79 Å². The summed E-state index contributed by atoms with van der Waals surface area (Å²) in [6, 6.07) is 8.08. The van der Waals surface area contributed by atoms with Crippen molar-refractivity contribution in [3.63, 3.8) is 0 Å². The number of carbonyl (C=O) groups excluding carboxylic acids is 1. The third-order valence-electron chi connectivity index (χ3n) is 3.61. The van der Waals surface area contributed by atoms with Crippen LogP contribution in [0.3, 0.4) is 0 Å². The van der Waals surface area contributed by atoms with Gasteiger partial charge >= 0.3 is 5.97 Å². The van der Waals surface area contributed by atoms with Crippen molar-refractivity contribution in [3.05, 3.63) is 41.1 Å². The molecule has 1 aliphatic rings. The molecule has 2 aromatic rings. The summed E-state index contributed by atoms with van der Waals surface area (Å²) < 4.78 is 7.16. The van der Waals surface area contributed by atoms with E-state index >= 15 is 0 Å². The summed E-state index contributed by atoms with van der Waals surface area (Å²) in [4.78, 5) is 12.3. The van der Waals surface area contributed by atoms with Gasteiger partial charge < -0.3 is 4.74 Å². The zero-order chi connectivity index (χ0) is 14.1. The molecule has 0 radical (unpaired) electrons. The highest BCUT2D eigenvalue weighted by atomic mass is 16.5. The molecule has 1 aliphatic heterocycles. The first-order valence-electron chi connectivity index (χ1n) is 7.04. The van der Waals surface area contributed by atoms with Gasteiger partial charge in [0.05, 0.1) is 12.3 Å². The minimum atomic E-state index is -0.257. The molecule has 20 heavy (non-hydrogen) atoms. The smallest absolute Gasteiger partial charge is 0.342 e. The van der Waals surface area contributed by atoms with Crippen LogP contribution >= 0.6 is 0 Å². The maximum Gasteiger partial charge on any atom is 0.342 e. The fourth-order valence-electron chi connectivity index (χ4n) is 2.74. The molecule has 0 aliphatic carbocycles. The summed E-state index contributed by atoms with van der Waals surface area (Å²) in [6.07, 6.45) is 1.94. The number of fused-ring (bicyclic) bond motifs is 1. The van der Waals surface area contributed by atoms with Crippen molar-refractivity contribution in [1.29, 1.82) is 0 Å². The number of carbonyl (C=O) groups is 1. The van der Waals surface area contributed by atoms with Gasteiger partial charge in [-0.15, -0.1) is 0 Å². The Bertz CT molecular complexity index is 658. The minimum absolute atomic E-state index is 0.257. The molecule has 2 heterocycles. The molecule has 0 fully saturated rings. The first kappa shape index (κ1) is 12.9. The van der Waals surface area contributed by atoms with Crippen LogP contribution in [0, 0.1) is 6.92 Å². The van der Waals surface area contributed by atoms with E-state index in [1.54, 1.807) is 0 Å². The van der Waals surface area contributed by atoms with E-state index in [0.717, 1.165) is 41.9 Å². The summed E-state index contributed by atoms with van der Waals surface area (Å²) in [5, 5.41) is 4.62. The Kier molecular flexibility index (Phi) is 3.30. The summed E-state index contributed by atoms with van der Waals surface area (Å²) >= 11 is 0. The second-order valence-corrected chi connectivity index (χ2v) is 5.09. The predicted octanol–water partition coefficient (Wildman–Crippen LogP) is 2.98. The van der Waals surface area contributed by atoms with Crippen molar-refractivity contribution in [1.82, 2.24) is 9.78 Å². The first-order chi connectivity index (χ1) is 9.70. The Morgan fingerprint density at radius 1 is 1.45 bits per heavy atom. The fourth-order valence-corrected chi connectivity index (χ4v) is 2.74. The molecule has 0 amide bonds. The van der Waals surface area contributed by atoms with Crippen LogP contribution in [0.25, 0.3) is 11.3 Å². The molecular weight excluding hydrogens is 252 g/mol. The number of aromatic nitrogens is 2. The number of rotatable bonds is 3. The highest BCUT2D eigenvalue weighted by Crippen LogP contribution is 2.30. The van der Waals surface area contributed by atoms with E-state index in [2.05, 4.69) is 11.2 Å². The second kappa shape index (κ2) is 5.12. The molecule has 4 heteroatoms. The Morgan fingerprint density at radius 2 is 2.30 bits per heavy atom. The van der Waals surface area contributed by atoms with Crippen molar-refractivity contribution in [2.24, 2.45) is 0 Å². The van der Waals surface area contributed by atoms with Gasteiger partial charge in [-0.25, -0.2) is 4.79 Å². The zero-order valence-electron chi connectivity index (χ0n) is 11.8. The SMILES string of the molecule is CCOC(=O)c1c(-c2cccc(C)c2)nn2c1CCC2. The number of esters is 1. The largest absolute Gasteiger partial charge is 0.462 e. The molecule has 3 rings (SSSR count). The maximum absolute atomic E-state index is 12.3. The van der Waals surface area contributed by atoms with E-state index in [-0.39, 0.29) is 5.97 Å². The Morgan fingerprint density at radius 3 is 3.05 bits per heavy atom. The number of nitrogens with zero attached hydrogens (tertiary/aromatic N) is 2. The van der Waals surface area contributed by atoms with E-state index in [1.165, 1.54) is 0 Å². The second-order valence-electron chi connectivity index (χ2n) is 5.09. The lowest BCUT2D eigenvalue weighted by molar-refractivity contribution is 0.0526. The normalized spacial score (nSPS) is 13.3. The summed E-state index contributed by atoms with van der Waals surface area (Å²) in [7, 11) is 0. The topological polar surface area (TPSA) is 44.1 Å². The highest BCUT2D eigenvalue weighted by molar-refractivity contribution is 5.97. The van der Waals surface area contributed by atoms with Crippen molar-refractivity contribution >= 4 is 5.97 Å². The number of hydrogen-bond acceptors (Lipinski definition) is 3. The molecule has 0 N–H and O–H groups in total. The van der Waals surface area contributed by atoms with Crippen LogP contribution in [-0.4, -0.2) is 22.4 Å². The van der Waals surface area contributed by atoms with Crippen molar-refractivity contribution in [2.75, 3.05) is 6.61 Å². The number of hydrogen-bond donors (Lipinski definition) is 0. The molecule has 0 bridgehead atoms. The van der Waals surface area contributed by atoms with Crippen LogP contribution in [0.5, 0.6) is 0 Å². The summed E-state index contributed by atoms with van der Waals surface area (Å²) in [6.45, 7) is 5.13. The molecule has 1 aromatic carbocycles. The lowest BCUT2D eigenvalue weighted by atomic mass is 10.0. The van der Waals surface area contributed by atoms with Crippen molar-refractivity contribution < 1.29 is 9.53 Å². The van der Waals surface area contributed by atoms with Gasteiger partial charge in [0.1, 0.15) is 11.3 Å². The van der Waals surface area contributed by atoms with Crippen LogP contribution in [-0.2, 0) is 17.7 Å². The molecular formula is C16H18N2O2. The number of ether oxygens (including phenoxy) is 1. The van der Waals surface area contributed by atoms with Crippen LogP contribution in [0.2, 0.25) is 0 Å². The van der Waals surface area contributed by atoms with Gasteiger partial charge in [-0.05, 0) is 32.8 Å². The maximum atomic E-state index is 12.3. The van der Waals surface area contributed by atoms with E-state index < -0.39 is 0 Å². The molecule has 1 aromatic heterocycles. The zero-order valence-corrected chi connectivity index (χ0v) is 11.8. The Balaban J connectivity index is 2.13. The lowest BCUT2D eigenvalue weighted by Crippen LogP contribution is -2.08. The van der Waals surface area contributed by atoms with Gasteiger partial charge in [0, 0.05) is 12.1 Å². The van der Waals surface area contributed by atoms with E-state index in [1.807, 2.05) is 36.7 Å². The van der Waals surface area contributed by atoms with Crippen LogP contribution in [0.1, 0.15) is 35.0 Å². The molecule has 0 saturated heterocycles. The Labute approximate surface area is 118 Å². The first-order valence-corrected chi connectivity index (χ1v) is 7.04. The predicted molar refractivity (Wildman–Crippen MR) is 76.7 cm³/mol. The van der Waals surface area contributed by atoms with Gasteiger partial charge in [0.15, 0.2) is 0 Å². The van der Waals surface area contributed by atoms with Crippen LogP contribution < -0.4 is 0 Å². The van der Waals surface area contributed by atoms with Gasteiger partial charge in [0.25, 0.3) is 0 Å². The molecule has 0 atom stereocenters. The molecule has 0 spiro atoms.